The van der Waals surface area contributed by atoms with Crippen LogP contribution in [0.2, 0.25) is 0 Å². The Balaban J connectivity index is 1.53. The van der Waals surface area contributed by atoms with Crippen molar-refractivity contribution in [2.45, 2.75) is 12.3 Å². The fourth-order valence-electron chi connectivity index (χ4n) is 2.90. The number of nitrogens with zero attached hydrogens (tertiary/aromatic N) is 2. The van der Waals surface area contributed by atoms with Gasteiger partial charge in [-0.05, 0) is 42.0 Å². The summed E-state index contributed by atoms with van der Waals surface area (Å²) in [6, 6.07) is 16.2. The molecule has 4 rings (SSSR count). The number of nitrogens with one attached hydrogen (secondary N) is 1. The van der Waals surface area contributed by atoms with E-state index in [1.807, 2.05) is 42.6 Å². The number of aromatic nitrogens is 2. The molecule has 0 spiro atoms. The van der Waals surface area contributed by atoms with Gasteiger partial charge in [0.05, 0.1) is 11.6 Å². The van der Waals surface area contributed by atoms with Crippen LogP contribution < -0.4 is 10.1 Å². The number of ether oxygens (including phenoxy) is 1. The maximum Gasteiger partial charge on any atom is 0.319 e. The Morgan fingerprint density at radius 3 is 2.68 bits per heavy atom. The van der Waals surface area contributed by atoms with Gasteiger partial charge in [-0.3, -0.25) is 9.59 Å². The topological polar surface area (TPSA) is 73.2 Å². The number of rotatable bonds is 3. The maximum absolute atomic E-state index is 12.6. The summed E-state index contributed by atoms with van der Waals surface area (Å²) in [5.41, 5.74) is 2.31. The molecule has 124 valence electrons. The lowest BCUT2D eigenvalue weighted by Gasteiger charge is -2.24. The SMILES string of the molecule is O=C1C[C@@H](C(=O)Oc2ccc(-n3cccn3)cc2)c2ccccc2N1. The predicted octanol–water partition coefficient (Wildman–Crippen LogP) is 2.90. The fraction of sp³-hybridized carbons (Fsp3) is 0.105. The Morgan fingerprint density at radius 1 is 1.12 bits per heavy atom. The van der Waals surface area contributed by atoms with Gasteiger partial charge in [0.15, 0.2) is 0 Å². The third-order valence-electron chi connectivity index (χ3n) is 4.11. The van der Waals surface area contributed by atoms with Crippen molar-refractivity contribution in [1.82, 2.24) is 9.78 Å². The molecule has 0 saturated carbocycles. The van der Waals surface area contributed by atoms with Crippen molar-refractivity contribution in [3.8, 4) is 11.4 Å². The zero-order chi connectivity index (χ0) is 17.2. The standard InChI is InChI=1S/C19H15N3O3/c23-18-12-16(15-4-1-2-5-17(15)21-18)19(24)25-14-8-6-13(7-9-14)22-11-3-10-20-22/h1-11,16H,12H2,(H,21,23)/t16-/m1/s1. The molecule has 0 radical (unpaired) electrons. The third-order valence-corrected chi connectivity index (χ3v) is 4.11. The predicted molar refractivity (Wildman–Crippen MR) is 91.6 cm³/mol. The zero-order valence-electron chi connectivity index (χ0n) is 13.3. The molecule has 0 bridgehead atoms. The summed E-state index contributed by atoms with van der Waals surface area (Å²) in [5.74, 6) is -0.788. The number of esters is 1. The van der Waals surface area contributed by atoms with Gasteiger partial charge in [0.25, 0.3) is 0 Å². The van der Waals surface area contributed by atoms with Crippen LogP contribution in [0.25, 0.3) is 5.69 Å². The van der Waals surface area contributed by atoms with Crippen LogP contribution in [0, 0.1) is 0 Å². The number of para-hydroxylation sites is 1. The lowest BCUT2D eigenvalue weighted by Crippen LogP contribution is -2.29. The first kappa shape index (κ1) is 15.1. The lowest BCUT2D eigenvalue weighted by atomic mass is 9.91. The molecule has 1 aliphatic heterocycles. The van der Waals surface area contributed by atoms with Gasteiger partial charge in [0.2, 0.25) is 5.91 Å². The highest BCUT2D eigenvalue weighted by molar-refractivity contribution is 6.00. The number of anilines is 1. The number of carbonyl (C=O) groups is 2. The summed E-state index contributed by atoms with van der Waals surface area (Å²) < 4.78 is 7.20. The molecule has 0 aliphatic carbocycles. The molecular weight excluding hydrogens is 318 g/mol. The van der Waals surface area contributed by atoms with E-state index in [4.69, 9.17) is 4.74 Å². The van der Waals surface area contributed by atoms with Gasteiger partial charge in [-0.1, -0.05) is 18.2 Å². The van der Waals surface area contributed by atoms with Crippen LogP contribution in [0.3, 0.4) is 0 Å². The number of benzene rings is 2. The van der Waals surface area contributed by atoms with Gasteiger partial charge in [-0.25, -0.2) is 4.68 Å². The molecular formula is C19H15N3O3. The minimum absolute atomic E-state index is 0.0845. The first-order chi connectivity index (χ1) is 12.2. The number of hydrogen-bond donors (Lipinski definition) is 1. The molecule has 6 heteroatoms. The van der Waals surface area contributed by atoms with Crippen LogP contribution in [-0.4, -0.2) is 21.7 Å². The smallest absolute Gasteiger partial charge is 0.319 e. The van der Waals surface area contributed by atoms with Crippen LogP contribution in [0.1, 0.15) is 17.9 Å². The van der Waals surface area contributed by atoms with Crippen molar-refractivity contribution in [1.29, 1.82) is 0 Å². The molecule has 2 heterocycles. The summed E-state index contributed by atoms with van der Waals surface area (Å²) in [6.07, 6.45) is 3.61. The Hall–Kier alpha value is -3.41. The van der Waals surface area contributed by atoms with Gasteiger partial charge < -0.3 is 10.1 Å². The summed E-state index contributed by atoms with van der Waals surface area (Å²) >= 11 is 0. The van der Waals surface area contributed by atoms with E-state index >= 15 is 0 Å². The van der Waals surface area contributed by atoms with Gasteiger partial charge >= 0.3 is 5.97 Å². The van der Waals surface area contributed by atoms with E-state index < -0.39 is 11.9 Å². The van der Waals surface area contributed by atoms with Crippen molar-refractivity contribution in [2.24, 2.45) is 0 Å². The molecule has 0 saturated heterocycles. The molecule has 25 heavy (non-hydrogen) atoms. The summed E-state index contributed by atoms with van der Waals surface area (Å²) in [6.45, 7) is 0. The average Bonchev–Trinajstić information content (AvgIpc) is 3.16. The van der Waals surface area contributed by atoms with Crippen molar-refractivity contribution in [3.63, 3.8) is 0 Å². The number of hydrogen-bond acceptors (Lipinski definition) is 4. The van der Waals surface area contributed by atoms with Crippen LogP contribution in [0.15, 0.2) is 67.0 Å². The summed E-state index contributed by atoms with van der Waals surface area (Å²) in [5, 5.41) is 6.92. The largest absolute Gasteiger partial charge is 0.426 e. The second-order valence-electron chi connectivity index (χ2n) is 5.76. The molecule has 1 atom stereocenters. The van der Waals surface area contributed by atoms with E-state index in [1.165, 1.54) is 0 Å². The first-order valence-electron chi connectivity index (χ1n) is 7.91. The highest BCUT2D eigenvalue weighted by atomic mass is 16.5. The molecule has 1 amide bonds. The fourth-order valence-corrected chi connectivity index (χ4v) is 2.90. The zero-order valence-corrected chi connectivity index (χ0v) is 13.3. The highest BCUT2D eigenvalue weighted by Gasteiger charge is 2.31. The van der Waals surface area contributed by atoms with E-state index in [0.29, 0.717) is 11.4 Å². The van der Waals surface area contributed by atoms with E-state index in [-0.39, 0.29) is 12.3 Å². The monoisotopic (exact) mass is 333 g/mol. The van der Waals surface area contributed by atoms with Crippen LogP contribution in [0.5, 0.6) is 5.75 Å². The molecule has 0 fully saturated rings. The average molecular weight is 333 g/mol. The van der Waals surface area contributed by atoms with Crippen molar-refractivity contribution >= 4 is 17.6 Å². The van der Waals surface area contributed by atoms with Gasteiger partial charge in [0.1, 0.15) is 5.75 Å². The summed E-state index contributed by atoms with van der Waals surface area (Å²) in [4.78, 5) is 24.4. The number of fused-ring (bicyclic) bond motifs is 1. The minimum Gasteiger partial charge on any atom is -0.426 e. The van der Waals surface area contributed by atoms with Crippen molar-refractivity contribution in [2.75, 3.05) is 5.32 Å². The van der Waals surface area contributed by atoms with Crippen molar-refractivity contribution in [3.05, 3.63) is 72.6 Å². The molecule has 1 N–H and O–H groups in total. The Morgan fingerprint density at radius 2 is 1.92 bits per heavy atom. The maximum atomic E-state index is 12.6. The summed E-state index contributed by atoms with van der Waals surface area (Å²) in [7, 11) is 0. The van der Waals surface area contributed by atoms with Crippen molar-refractivity contribution < 1.29 is 14.3 Å². The Bertz CT molecular complexity index is 917. The lowest BCUT2D eigenvalue weighted by molar-refractivity contribution is -0.138. The van der Waals surface area contributed by atoms with Gasteiger partial charge in [-0.15, -0.1) is 0 Å². The molecule has 6 nitrogen and oxygen atoms in total. The number of amides is 1. The molecule has 3 aromatic rings. The van der Waals surface area contributed by atoms with E-state index in [0.717, 1.165) is 11.3 Å². The van der Waals surface area contributed by atoms with E-state index in [9.17, 15) is 9.59 Å². The molecule has 2 aromatic carbocycles. The molecule has 1 aliphatic rings. The van der Waals surface area contributed by atoms with Gasteiger partial charge in [0, 0.05) is 24.5 Å². The minimum atomic E-state index is -0.601. The molecule has 1 aromatic heterocycles. The molecule has 0 unspecified atom stereocenters. The van der Waals surface area contributed by atoms with Crippen LogP contribution in [0.4, 0.5) is 5.69 Å². The Kier molecular flexibility index (Phi) is 3.78. The van der Waals surface area contributed by atoms with E-state index in [2.05, 4.69) is 10.4 Å². The van der Waals surface area contributed by atoms with Gasteiger partial charge in [-0.2, -0.15) is 5.10 Å². The van der Waals surface area contributed by atoms with E-state index in [1.54, 1.807) is 29.1 Å². The van der Waals surface area contributed by atoms with Crippen LogP contribution in [-0.2, 0) is 9.59 Å². The highest BCUT2D eigenvalue weighted by Crippen LogP contribution is 2.33. The first-order valence-corrected chi connectivity index (χ1v) is 7.91. The second kappa shape index (κ2) is 6.24. The van der Waals surface area contributed by atoms with Crippen LogP contribution >= 0.6 is 0 Å². The second-order valence-corrected chi connectivity index (χ2v) is 5.76. The number of carbonyl (C=O) groups excluding carboxylic acids is 2. The Labute approximate surface area is 144 Å². The third kappa shape index (κ3) is 3.01. The normalized spacial score (nSPS) is 16.0. The quantitative estimate of drug-likeness (QED) is 0.591.